The van der Waals surface area contributed by atoms with Gasteiger partial charge in [0.2, 0.25) is 0 Å². The highest BCUT2D eigenvalue weighted by molar-refractivity contribution is 5.95. The summed E-state index contributed by atoms with van der Waals surface area (Å²) in [6.45, 7) is 1.75. The topological polar surface area (TPSA) is 111 Å². The Bertz CT molecular complexity index is 602. The predicted octanol–water partition coefficient (Wildman–Crippen LogP) is 2.38. The van der Waals surface area contributed by atoms with Crippen LogP contribution in [0.15, 0.2) is 24.3 Å². The number of non-ortho nitro benzene ring substituents is 1. The molecule has 1 fully saturated rings. The van der Waals surface area contributed by atoms with E-state index in [0.717, 1.165) is 19.3 Å². The summed E-state index contributed by atoms with van der Waals surface area (Å²) in [5.74, 6) is 0.141. The van der Waals surface area contributed by atoms with Crippen LogP contribution < -0.4 is 15.4 Å². The first-order valence-corrected chi connectivity index (χ1v) is 7.93. The molecular formula is C16H21N3O5. The van der Waals surface area contributed by atoms with E-state index in [9.17, 15) is 19.7 Å². The zero-order chi connectivity index (χ0) is 17.5. The number of carbonyl (C=O) groups is 2. The molecule has 0 spiro atoms. The molecule has 1 aliphatic rings. The molecule has 2 atom stereocenters. The van der Waals surface area contributed by atoms with Gasteiger partial charge in [0.1, 0.15) is 5.75 Å². The standard InChI is InChI=1S/C16H21N3O5/c1-11-4-2-3-5-14(11)17-16(21)18-15(20)10-24-13-8-6-12(7-9-13)19(22)23/h6-9,11,14H,2-5,10H2,1H3,(H2,17,18,20,21)/t11-,14-/m1/s1. The molecule has 2 N–H and O–H groups in total. The molecule has 1 saturated carbocycles. The van der Waals surface area contributed by atoms with Crippen molar-refractivity contribution in [2.75, 3.05) is 6.61 Å². The van der Waals surface area contributed by atoms with Crippen LogP contribution >= 0.6 is 0 Å². The van der Waals surface area contributed by atoms with Crippen LogP contribution in [0.1, 0.15) is 32.6 Å². The third kappa shape index (κ3) is 5.22. The van der Waals surface area contributed by atoms with Crippen molar-refractivity contribution in [2.24, 2.45) is 5.92 Å². The first-order chi connectivity index (χ1) is 11.5. The number of nitrogens with zero attached hydrogens (tertiary/aromatic N) is 1. The normalized spacial score (nSPS) is 20.0. The van der Waals surface area contributed by atoms with Gasteiger partial charge in [0.05, 0.1) is 4.92 Å². The van der Waals surface area contributed by atoms with Crippen LogP contribution in [0.5, 0.6) is 5.75 Å². The van der Waals surface area contributed by atoms with Gasteiger partial charge >= 0.3 is 6.03 Å². The molecule has 0 heterocycles. The van der Waals surface area contributed by atoms with E-state index in [-0.39, 0.29) is 18.3 Å². The number of benzene rings is 1. The zero-order valence-corrected chi connectivity index (χ0v) is 13.5. The first-order valence-electron chi connectivity index (χ1n) is 7.93. The third-order valence-electron chi connectivity index (χ3n) is 4.10. The van der Waals surface area contributed by atoms with E-state index in [1.807, 2.05) is 0 Å². The summed E-state index contributed by atoms with van der Waals surface area (Å²) in [5, 5.41) is 15.6. The minimum absolute atomic E-state index is 0.0622. The summed E-state index contributed by atoms with van der Waals surface area (Å²) in [6, 6.07) is 4.92. The van der Waals surface area contributed by atoms with Gasteiger partial charge in [-0.2, -0.15) is 0 Å². The van der Waals surface area contributed by atoms with Gasteiger partial charge in [-0.1, -0.05) is 19.8 Å². The lowest BCUT2D eigenvalue weighted by atomic mass is 9.86. The summed E-state index contributed by atoms with van der Waals surface area (Å²) in [7, 11) is 0. The van der Waals surface area contributed by atoms with Crippen LogP contribution in [0.4, 0.5) is 10.5 Å². The number of nitro benzene ring substituents is 1. The summed E-state index contributed by atoms with van der Waals surface area (Å²) in [6.07, 6.45) is 4.24. The second-order valence-electron chi connectivity index (χ2n) is 5.93. The number of nitro groups is 1. The molecule has 8 heteroatoms. The van der Waals surface area contributed by atoms with Gasteiger partial charge in [-0.3, -0.25) is 20.2 Å². The van der Waals surface area contributed by atoms with Gasteiger partial charge in [0.25, 0.3) is 11.6 Å². The highest BCUT2D eigenvalue weighted by Gasteiger charge is 2.23. The zero-order valence-electron chi connectivity index (χ0n) is 13.5. The van der Waals surface area contributed by atoms with E-state index in [0.29, 0.717) is 11.7 Å². The molecule has 0 bridgehead atoms. The Hall–Kier alpha value is -2.64. The average molecular weight is 335 g/mol. The fraction of sp³-hybridized carbons (Fsp3) is 0.500. The van der Waals surface area contributed by atoms with Crippen molar-refractivity contribution >= 4 is 17.6 Å². The lowest BCUT2D eigenvalue weighted by molar-refractivity contribution is -0.384. The van der Waals surface area contributed by atoms with Crippen LogP contribution in [0.3, 0.4) is 0 Å². The number of nitrogens with one attached hydrogen (secondary N) is 2. The number of ether oxygens (including phenoxy) is 1. The smallest absolute Gasteiger partial charge is 0.321 e. The van der Waals surface area contributed by atoms with Crippen molar-refractivity contribution < 1.29 is 19.2 Å². The quantitative estimate of drug-likeness (QED) is 0.634. The monoisotopic (exact) mass is 335 g/mol. The van der Waals surface area contributed by atoms with Gasteiger partial charge in [0.15, 0.2) is 6.61 Å². The number of urea groups is 1. The summed E-state index contributed by atoms with van der Waals surface area (Å²) < 4.78 is 5.20. The minimum atomic E-state index is -0.575. The second kappa shape index (κ2) is 8.28. The molecule has 3 amide bonds. The third-order valence-corrected chi connectivity index (χ3v) is 4.10. The van der Waals surface area contributed by atoms with E-state index in [1.165, 1.54) is 30.7 Å². The van der Waals surface area contributed by atoms with Crippen molar-refractivity contribution in [1.29, 1.82) is 0 Å². The summed E-state index contributed by atoms with van der Waals surface area (Å²) in [5.41, 5.74) is -0.0622. The van der Waals surface area contributed by atoms with Crippen molar-refractivity contribution in [2.45, 2.75) is 38.6 Å². The van der Waals surface area contributed by atoms with Crippen LogP contribution in [0, 0.1) is 16.0 Å². The maximum absolute atomic E-state index is 11.8. The predicted molar refractivity (Wildman–Crippen MR) is 86.7 cm³/mol. The largest absolute Gasteiger partial charge is 0.484 e. The fourth-order valence-corrected chi connectivity index (χ4v) is 2.71. The Labute approximate surface area is 139 Å². The molecule has 0 unspecified atom stereocenters. The van der Waals surface area contributed by atoms with Crippen LogP contribution in [0.25, 0.3) is 0 Å². The Morgan fingerprint density at radius 2 is 1.92 bits per heavy atom. The van der Waals surface area contributed by atoms with Crippen LogP contribution in [-0.4, -0.2) is 29.5 Å². The Morgan fingerprint density at radius 1 is 1.25 bits per heavy atom. The Kier molecular flexibility index (Phi) is 6.11. The van der Waals surface area contributed by atoms with Gasteiger partial charge in [-0.15, -0.1) is 0 Å². The molecule has 24 heavy (non-hydrogen) atoms. The van der Waals surface area contributed by atoms with Crippen molar-refractivity contribution in [1.82, 2.24) is 10.6 Å². The lowest BCUT2D eigenvalue weighted by Gasteiger charge is -2.29. The lowest BCUT2D eigenvalue weighted by Crippen LogP contribution is -2.48. The molecular weight excluding hydrogens is 314 g/mol. The minimum Gasteiger partial charge on any atom is -0.484 e. The summed E-state index contributed by atoms with van der Waals surface area (Å²) >= 11 is 0. The van der Waals surface area contributed by atoms with Crippen molar-refractivity contribution in [3.63, 3.8) is 0 Å². The maximum Gasteiger partial charge on any atom is 0.321 e. The number of carbonyl (C=O) groups excluding carboxylic acids is 2. The molecule has 2 rings (SSSR count). The second-order valence-corrected chi connectivity index (χ2v) is 5.93. The van der Waals surface area contributed by atoms with Gasteiger partial charge in [-0.05, 0) is 30.9 Å². The van der Waals surface area contributed by atoms with Crippen LogP contribution in [-0.2, 0) is 4.79 Å². The number of rotatable bonds is 5. The van der Waals surface area contributed by atoms with E-state index in [1.54, 1.807) is 0 Å². The maximum atomic E-state index is 11.8. The molecule has 0 saturated heterocycles. The molecule has 0 radical (unpaired) electrons. The van der Waals surface area contributed by atoms with Gasteiger partial charge in [-0.25, -0.2) is 4.79 Å². The molecule has 130 valence electrons. The molecule has 1 aromatic carbocycles. The number of imide groups is 1. The molecule has 1 aromatic rings. The van der Waals surface area contributed by atoms with Gasteiger partial charge < -0.3 is 10.1 Å². The van der Waals surface area contributed by atoms with Crippen molar-refractivity contribution in [3.05, 3.63) is 34.4 Å². The van der Waals surface area contributed by atoms with Gasteiger partial charge in [0, 0.05) is 18.2 Å². The van der Waals surface area contributed by atoms with Crippen molar-refractivity contribution in [3.8, 4) is 5.75 Å². The van der Waals surface area contributed by atoms with Crippen LogP contribution in [0.2, 0.25) is 0 Å². The average Bonchev–Trinajstić information content (AvgIpc) is 2.55. The van der Waals surface area contributed by atoms with E-state index in [2.05, 4.69) is 17.6 Å². The highest BCUT2D eigenvalue weighted by atomic mass is 16.6. The first kappa shape index (κ1) is 17.7. The van der Waals surface area contributed by atoms with E-state index >= 15 is 0 Å². The molecule has 0 aromatic heterocycles. The number of amides is 3. The number of hydrogen-bond acceptors (Lipinski definition) is 5. The van der Waals surface area contributed by atoms with E-state index in [4.69, 9.17) is 4.74 Å². The summed E-state index contributed by atoms with van der Waals surface area (Å²) in [4.78, 5) is 33.6. The molecule has 0 aliphatic heterocycles. The molecule has 1 aliphatic carbocycles. The SMILES string of the molecule is C[C@@H]1CCCC[C@H]1NC(=O)NC(=O)COc1ccc([N+](=O)[O-])cc1. The molecule has 8 nitrogen and oxygen atoms in total. The highest BCUT2D eigenvalue weighted by Crippen LogP contribution is 2.23. The fourth-order valence-electron chi connectivity index (χ4n) is 2.71. The number of hydrogen-bond donors (Lipinski definition) is 2. The Morgan fingerprint density at radius 3 is 2.54 bits per heavy atom. The Balaban J connectivity index is 1.74. The van der Waals surface area contributed by atoms with E-state index < -0.39 is 16.9 Å².